The van der Waals surface area contributed by atoms with Gasteiger partial charge in [0.1, 0.15) is 0 Å². The van der Waals surface area contributed by atoms with Gasteiger partial charge in [-0.15, -0.1) is 0 Å². The second-order valence-electron chi connectivity index (χ2n) is 25.1. The Labute approximate surface area is 467 Å². The minimum Gasteiger partial charge on any atom is -0.284 e. The maximum absolute atomic E-state index is 4.62. The third-order valence-electron chi connectivity index (χ3n) is 15.6. The summed E-state index contributed by atoms with van der Waals surface area (Å²) in [5.41, 5.74) is 23.4. The lowest BCUT2D eigenvalue weighted by molar-refractivity contribution is 0.754. The Hall–Kier alpha value is -6.00. The Morgan fingerprint density at radius 3 is 1.47 bits per heavy atom. The molecule has 0 atom stereocenters. The molecular weight excluding hydrogens is 933 g/mol. The lowest BCUT2D eigenvalue weighted by atomic mass is 9.94. The standard InChI is InChI=1S/C15H19N.2C15H20.C14H18N2.C14H19N/c1-10(2)12-5-6-13-9-16-15(11(3)4)8-14(13)7-12;2*1-10(2)12-5-6-13-8-14(11(3)4)9-15(13)7-12;1-9(2)12-7-11-5-6-15-13(10(3)4)14(11)16-8-12;1-9(2)11-5-6-13-12(7-11)8-15-14(13)10(3)4/h5-11H,1-4H3;5-7,9-11H,8H2,1-4H3;5-8,10-11H,9H2,1-4H3;5-10H,1-4H3;5-7,9-10H,8H2,1-4H3. The molecule has 3 aromatic heterocycles. The Morgan fingerprint density at radius 2 is 0.883 bits per heavy atom. The van der Waals surface area contributed by atoms with Crippen LogP contribution < -0.4 is 0 Å². The summed E-state index contributed by atoms with van der Waals surface area (Å²) in [6, 6.07) is 33.8. The molecule has 77 heavy (non-hydrogen) atoms. The minimum absolute atomic E-state index is 0.418. The fourth-order valence-electron chi connectivity index (χ4n) is 10.0. The van der Waals surface area contributed by atoms with Crippen LogP contribution in [0.15, 0.2) is 126 Å². The third-order valence-corrected chi connectivity index (χ3v) is 15.6. The minimum atomic E-state index is 0.418. The van der Waals surface area contributed by atoms with Gasteiger partial charge in [-0.2, -0.15) is 0 Å². The van der Waals surface area contributed by atoms with Gasteiger partial charge in [0.05, 0.1) is 17.8 Å². The quantitative estimate of drug-likeness (QED) is 0.137. The Balaban J connectivity index is 0.000000156. The van der Waals surface area contributed by atoms with Crippen molar-refractivity contribution in [2.24, 2.45) is 22.7 Å². The summed E-state index contributed by atoms with van der Waals surface area (Å²) in [5, 5.41) is 3.74. The monoisotopic (exact) mass is 1030 g/mol. The van der Waals surface area contributed by atoms with Crippen LogP contribution in [-0.2, 0) is 19.4 Å². The number of nitrogens with zero attached hydrogens (tertiary/aromatic N) is 4. The van der Waals surface area contributed by atoms with Gasteiger partial charge in [-0.25, -0.2) is 0 Å². The molecule has 408 valence electrons. The van der Waals surface area contributed by atoms with Crippen molar-refractivity contribution >= 4 is 39.5 Å². The first kappa shape index (κ1) is 60.2. The molecule has 4 heteroatoms. The number of hydrogen-bond donors (Lipinski definition) is 0. The van der Waals surface area contributed by atoms with E-state index in [1.165, 1.54) is 88.8 Å². The van der Waals surface area contributed by atoms with Crippen molar-refractivity contribution < 1.29 is 0 Å². The molecule has 0 radical (unpaired) electrons. The number of fused-ring (bicyclic) bond motifs is 5. The molecule has 0 fully saturated rings. The van der Waals surface area contributed by atoms with Gasteiger partial charge in [-0.1, -0.05) is 235 Å². The van der Waals surface area contributed by atoms with Gasteiger partial charge in [0.25, 0.3) is 0 Å². The van der Waals surface area contributed by atoms with Crippen molar-refractivity contribution in [2.75, 3.05) is 0 Å². The highest BCUT2D eigenvalue weighted by molar-refractivity contribution is 6.05. The highest BCUT2D eigenvalue weighted by atomic mass is 14.8. The molecular formula is C73H96N4. The summed E-state index contributed by atoms with van der Waals surface area (Å²) in [6.45, 7) is 45.4. The predicted octanol–water partition coefficient (Wildman–Crippen LogP) is 20.9. The number of allylic oxidation sites excluding steroid dienone is 2. The normalized spacial score (nSPS) is 13.4. The summed E-state index contributed by atoms with van der Waals surface area (Å²) >= 11 is 0. The van der Waals surface area contributed by atoms with E-state index < -0.39 is 0 Å². The summed E-state index contributed by atoms with van der Waals surface area (Å²) in [7, 11) is 0. The summed E-state index contributed by atoms with van der Waals surface area (Å²) in [6.07, 6.45) is 12.9. The molecule has 10 rings (SSSR count). The topological polar surface area (TPSA) is 51.0 Å². The second kappa shape index (κ2) is 27.0. The van der Waals surface area contributed by atoms with Gasteiger partial charge in [0.15, 0.2) is 0 Å². The lowest BCUT2D eigenvalue weighted by Gasteiger charge is -2.10. The van der Waals surface area contributed by atoms with Crippen LogP contribution in [0.4, 0.5) is 0 Å². The largest absolute Gasteiger partial charge is 0.284 e. The molecule has 1 aliphatic heterocycles. The van der Waals surface area contributed by atoms with Gasteiger partial charge in [0.2, 0.25) is 0 Å². The SMILES string of the molecule is CC(C)C1=Cc2cc(C(C)C)ccc2C1.CC(C)C1=Cc2ccc(C(C)C)cc2C1.CC(C)C1=NCc2cc(C(C)C)ccc21.CC(C)c1ccc2cnc(C(C)C)cc2c1.CC(C)c1cnc2c(C(C)C)nccc2c1. The molecule has 3 aliphatic rings. The summed E-state index contributed by atoms with van der Waals surface area (Å²) in [5.74, 6) is 5.79. The van der Waals surface area contributed by atoms with Crippen LogP contribution in [-0.4, -0.2) is 20.7 Å². The predicted molar refractivity (Wildman–Crippen MR) is 337 cm³/mol. The molecule has 4 heterocycles. The average molecular weight is 1030 g/mol. The zero-order valence-electron chi connectivity index (χ0n) is 51.2. The number of benzene rings is 4. The van der Waals surface area contributed by atoms with Crippen LogP contribution in [0.1, 0.15) is 252 Å². The molecule has 0 saturated heterocycles. The number of pyridine rings is 3. The fraction of sp³-hybridized carbons (Fsp3) is 0.452. The smallest absolute Gasteiger partial charge is 0.0920 e. The van der Waals surface area contributed by atoms with Crippen molar-refractivity contribution in [2.45, 2.75) is 199 Å². The zero-order valence-corrected chi connectivity index (χ0v) is 51.2. The van der Waals surface area contributed by atoms with Crippen molar-refractivity contribution in [3.05, 3.63) is 193 Å². The average Bonchev–Trinajstić information content (AvgIpc) is 4.16. The van der Waals surface area contributed by atoms with Crippen molar-refractivity contribution in [1.29, 1.82) is 0 Å². The van der Waals surface area contributed by atoms with Gasteiger partial charge >= 0.3 is 0 Å². The first-order chi connectivity index (χ1) is 36.4. The van der Waals surface area contributed by atoms with Crippen LogP contribution in [0.25, 0.3) is 33.8 Å². The molecule has 4 nitrogen and oxygen atoms in total. The van der Waals surface area contributed by atoms with E-state index in [0.717, 1.165) is 30.6 Å². The first-order valence-corrected chi connectivity index (χ1v) is 29.4. The van der Waals surface area contributed by atoms with Crippen molar-refractivity contribution in [3.63, 3.8) is 0 Å². The molecule has 0 amide bonds. The second-order valence-corrected chi connectivity index (χ2v) is 25.1. The lowest BCUT2D eigenvalue weighted by Crippen LogP contribution is -2.07. The Bertz CT molecular complexity index is 3120. The molecule has 2 aliphatic carbocycles. The molecule has 0 saturated carbocycles. The van der Waals surface area contributed by atoms with E-state index in [2.05, 4.69) is 256 Å². The van der Waals surface area contributed by atoms with Crippen molar-refractivity contribution in [3.8, 4) is 0 Å². The van der Waals surface area contributed by atoms with E-state index in [1.807, 2.05) is 24.7 Å². The molecule has 0 N–H and O–H groups in total. The van der Waals surface area contributed by atoms with E-state index in [9.17, 15) is 0 Å². The maximum atomic E-state index is 4.62. The molecule has 7 aromatic rings. The van der Waals surface area contributed by atoms with Gasteiger partial charge in [0, 0.05) is 46.3 Å². The van der Waals surface area contributed by atoms with E-state index in [4.69, 9.17) is 0 Å². The van der Waals surface area contributed by atoms with E-state index in [-0.39, 0.29) is 0 Å². The maximum Gasteiger partial charge on any atom is 0.0920 e. The fourth-order valence-corrected chi connectivity index (χ4v) is 10.0. The van der Waals surface area contributed by atoms with E-state index in [1.54, 1.807) is 11.1 Å². The van der Waals surface area contributed by atoms with Crippen LogP contribution in [0.2, 0.25) is 0 Å². The summed E-state index contributed by atoms with van der Waals surface area (Å²) < 4.78 is 0. The molecule has 0 unspecified atom stereocenters. The number of aromatic nitrogens is 3. The van der Waals surface area contributed by atoms with Gasteiger partial charge in [-0.05, 0) is 151 Å². The van der Waals surface area contributed by atoms with Crippen LogP contribution in [0.3, 0.4) is 0 Å². The van der Waals surface area contributed by atoms with Gasteiger partial charge in [-0.3, -0.25) is 19.9 Å². The Morgan fingerprint density at radius 1 is 0.351 bits per heavy atom. The molecule has 0 spiro atoms. The highest BCUT2D eigenvalue weighted by Gasteiger charge is 2.20. The number of hydrogen-bond acceptors (Lipinski definition) is 4. The van der Waals surface area contributed by atoms with E-state index >= 15 is 0 Å². The summed E-state index contributed by atoms with van der Waals surface area (Å²) in [4.78, 5) is 18.1. The first-order valence-electron chi connectivity index (χ1n) is 29.4. The van der Waals surface area contributed by atoms with Crippen LogP contribution in [0, 0.1) is 17.8 Å². The third kappa shape index (κ3) is 15.8. The molecule has 4 aromatic carbocycles. The van der Waals surface area contributed by atoms with Gasteiger partial charge < -0.3 is 0 Å². The van der Waals surface area contributed by atoms with Crippen molar-refractivity contribution in [1.82, 2.24) is 15.0 Å². The highest BCUT2D eigenvalue weighted by Crippen LogP contribution is 2.34. The Kier molecular flexibility index (Phi) is 21.2. The van der Waals surface area contributed by atoms with Crippen LogP contribution >= 0.6 is 0 Å². The van der Waals surface area contributed by atoms with E-state index in [0.29, 0.717) is 59.2 Å². The zero-order chi connectivity index (χ0) is 56.4. The molecule has 0 bridgehead atoms. The number of rotatable bonds is 10. The number of aliphatic imine (C=N–C) groups is 1. The van der Waals surface area contributed by atoms with Crippen LogP contribution in [0.5, 0.6) is 0 Å².